The van der Waals surface area contributed by atoms with Crippen LogP contribution in [0.1, 0.15) is 43.6 Å². The van der Waals surface area contributed by atoms with Crippen molar-refractivity contribution in [3.8, 4) is 0 Å². The van der Waals surface area contributed by atoms with E-state index in [4.69, 9.17) is 17.3 Å². The third kappa shape index (κ3) is 3.95. The molecule has 0 bridgehead atoms. The Bertz CT molecular complexity index is 523. The van der Waals surface area contributed by atoms with Gasteiger partial charge in [0, 0.05) is 17.0 Å². The number of hydrogen-bond donors (Lipinski definition) is 2. The van der Waals surface area contributed by atoms with Gasteiger partial charge in [0.2, 0.25) is 5.91 Å². The summed E-state index contributed by atoms with van der Waals surface area (Å²) in [6.07, 6.45) is 5.59. The molecule has 1 amide bonds. The Morgan fingerprint density at radius 2 is 2.09 bits per heavy atom. The summed E-state index contributed by atoms with van der Waals surface area (Å²) in [6, 6.07) is 8.14. The molecule has 122 valence electrons. The van der Waals surface area contributed by atoms with Crippen molar-refractivity contribution in [3.63, 3.8) is 0 Å². The van der Waals surface area contributed by atoms with E-state index in [-0.39, 0.29) is 30.3 Å². The van der Waals surface area contributed by atoms with E-state index in [0.29, 0.717) is 18.4 Å². The number of carbonyl (C=O) groups is 1. The van der Waals surface area contributed by atoms with E-state index in [1.54, 1.807) is 0 Å². The minimum atomic E-state index is 0. The molecule has 1 aromatic rings. The fourth-order valence-electron chi connectivity index (χ4n) is 3.56. The average molecular weight is 343 g/mol. The SMILES string of the molecule is Cl.NCC1CCCCC1NC(=O)C1CC1c1cccc(Cl)c1. The maximum atomic E-state index is 12.4. The van der Waals surface area contributed by atoms with Crippen molar-refractivity contribution in [2.24, 2.45) is 17.6 Å². The fraction of sp³-hybridized carbons (Fsp3) is 0.588. The molecule has 5 heteroatoms. The minimum Gasteiger partial charge on any atom is -0.353 e. The second-order valence-electron chi connectivity index (χ2n) is 6.40. The van der Waals surface area contributed by atoms with Crippen LogP contribution in [-0.4, -0.2) is 18.5 Å². The highest BCUT2D eigenvalue weighted by Crippen LogP contribution is 2.48. The summed E-state index contributed by atoms with van der Waals surface area (Å²) < 4.78 is 0. The van der Waals surface area contributed by atoms with Crippen LogP contribution in [0.15, 0.2) is 24.3 Å². The monoisotopic (exact) mass is 342 g/mol. The van der Waals surface area contributed by atoms with Gasteiger partial charge in [-0.15, -0.1) is 12.4 Å². The number of nitrogens with two attached hydrogens (primary N) is 1. The number of hydrogen-bond acceptors (Lipinski definition) is 2. The van der Waals surface area contributed by atoms with Crippen LogP contribution in [0.3, 0.4) is 0 Å². The molecule has 3 nitrogen and oxygen atoms in total. The van der Waals surface area contributed by atoms with Gasteiger partial charge in [-0.25, -0.2) is 0 Å². The first-order chi connectivity index (χ1) is 10.2. The molecule has 0 aromatic heterocycles. The molecule has 2 fully saturated rings. The zero-order chi connectivity index (χ0) is 14.8. The molecule has 2 aliphatic rings. The molecule has 22 heavy (non-hydrogen) atoms. The zero-order valence-electron chi connectivity index (χ0n) is 12.6. The first kappa shape index (κ1) is 17.6. The normalized spacial score (nSPS) is 30.3. The molecule has 4 unspecified atom stereocenters. The van der Waals surface area contributed by atoms with E-state index in [0.717, 1.165) is 24.3 Å². The first-order valence-corrected chi connectivity index (χ1v) is 8.32. The highest BCUT2D eigenvalue weighted by atomic mass is 35.5. The van der Waals surface area contributed by atoms with Crippen LogP contribution in [0.2, 0.25) is 5.02 Å². The summed E-state index contributed by atoms with van der Waals surface area (Å²) in [7, 11) is 0. The topological polar surface area (TPSA) is 55.1 Å². The summed E-state index contributed by atoms with van der Waals surface area (Å²) in [5.41, 5.74) is 7.01. The highest BCUT2D eigenvalue weighted by molar-refractivity contribution is 6.30. The third-order valence-corrected chi connectivity index (χ3v) is 5.18. The number of nitrogens with one attached hydrogen (secondary N) is 1. The minimum absolute atomic E-state index is 0. The van der Waals surface area contributed by atoms with Crippen molar-refractivity contribution < 1.29 is 4.79 Å². The molecule has 3 N–H and O–H groups in total. The first-order valence-electron chi connectivity index (χ1n) is 7.95. The Kier molecular flexibility index (Phi) is 6.13. The van der Waals surface area contributed by atoms with Crippen LogP contribution in [-0.2, 0) is 4.79 Å². The second-order valence-corrected chi connectivity index (χ2v) is 6.84. The van der Waals surface area contributed by atoms with E-state index in [9.17, 15) is 4.79 Å². The van der Waals surface area contributed by atoms with Gasteiger partial charge in [0.25, 0.3) is 0 Å². The largest absolute Gasteiger partial charge is 0.353 e. The zero-order valence-corrected chi connectivity index (χ0v) is 14.2. The van der Waals surface area contributed by atoms with E-state index >= 15 is 0 Å². The van der Waals surface area contributed by atoms with E-state index in [1.165, 1.54) is 18.4 Å². The van der Waals surface area contributed by atoms with Gasteiger partial charge >= 0.3 is 0 Å². The van der Waals surface area contributed by atoms with Gasteiger partial charge < -0.3 is 11.1 Å². The number of carbonyl (C=O) groups excluding carboxylic acids is 1. The van der Waals surface area contributed by atoms with Gasteiger partial charge in [0.15, 0.2) is 0 Å². The van der Waals surface area contributed by atoms with Crippen LogP contribution in [0.5, 0.6) is 0 Å². The molecule has 0 saturated heterocycles. The molecule has 0 spiro atoms. The summed E-state index contributed by atoms with van der Waals surface area (Å²) in [4.78, 5) is 12.4. The van der Waals surface area contributed by atoms with Gasteiger partial charge in [-0.2, -0.15) is 0 Å². The van der Waals surface area contributed by atoms with Gasteiger partial charge in [-0.1, -0.05) is 36.6 Å². The van der Waals surface area contributed by atoms with Crippen LogP contribution in [0, 0.1) is 11.8 Å². The summed E-state index contributed by atoms with van der Waals surface area (Å²) >= 11 is 6.02. The van der Waals surface area contributed by atoms with Gasteiger partial charge in [0.1, 0.15) is 0 Å². The number of rotatable bonds is 4. The van der Waals surface area contributed by atoms with Gasteiger partial charge in [0.05, 0.1) is 0 Å². The Balaban J connectivity index is 0.00000176. The smallest absolute Gasteiger partial charge is 0.223 e. The maximum Gasteiger partial charge on any atom is 0.223 e. The van der Waals surface area contributed by atoms with Gasteiger partial charge in [-0.05, 0) is 55.3 Å². The fourth-order valence-corrected chi connectivity index (χ4v) is 3.76. The van der Waals surface area contributed by atoms with Gasteiger partial charge in [-0.3, -0.25) is 4.79 Å². The molecular weight excluding hydrogens is 319 g/mol. The molecule has 2 aliphatic carbocycles. The van der Waals surface area contributed by atoms with Crippen molar-refractivity contribution in [1.29, 1.82) is 0 Å². The predicted octanol–water partition coefficient (Wildman–Crippen LogP) is 3.50. The van der Waals surface area contributed by atoms with Crippen molar-refractivity contribution in [3.05, 3.63) is 34.9 Å². The number of amides is 1. The summed E-state index contributed by atoms with van der Waals surface area (Å²) in [5.74, 6) is 1.10. The van der Waals surface area contributed by atoms with Crippen molar-refractivity contribution in [1.82, 2.24) is 5.32 Å². The summed E-state index contributed by atoms with van der Waals surface area (Å²) in [5, 5.41) is 3.99. The molecule has 0 radical (unpaired) electrons. The maximum absolute atomic E-state index is 12.4. The Morgan fingerprint density at radius 3 is 2.82 bits per heavy atom. The molecule has 2 saturated carbocycles. The van der Waals surface area contributed by atoms with E-state index in [1.807, 2.05) is 18.2 Å². The lowest BCUT2D eigenvalue weighted by Crippen LogP contribution is -2.45. The number of halogens is 2. The lowest BCUT2D eigenvalue weighted by molar-refractivity contribution is -0.123. The summed E-state index contributed by atoms with van der Waals surface area (Å²) in [6.45, 7) is 0.674. The quantitative estimate of drug-likeness (QED) is 0.879. The Labute approximate surface area is 143 Å². The average Bonchev–Trinajstić information content (AvgIpc) is 3.28. The highest BCUT2D eigenvalue weighted by Gasteiger charge is 2.44. The van der Waals surface area contributed by atoms with E-state index < -0.39 is 0 Å². The van der Waals surface area contributed by atoms with Crippen molar-refractivity contribution in [2.75, 3.05) is 6.54 Å². The third-order valence-electron chi connectivity index (χ3n) is 4.94. The standard InChI is InChI=1S/C17H23ClN2O.ClH/c18-13-6-3-5-11(8-13)14-9-15(14)17(21)20-16-7-2-1-4-12(16)10-19;/h3,5-6,8,12,14-16H,1-2,4,7,9-10,19H2,(H,20,21);1H. The predicted molar refractivity (Wildman–Crippen MR) is 92.5 cm³/mol. The number of benzene rings is 1. The Morgan fingerprint density at radius 1 is 1.32 bits per heavy atom. The lowest BCUT2D eigenvalue weighted by atomic mass is 9.84. The van der Waals surface area contributed by atoms with Crippen LogP contribution in [0.25, 0.3) is 0 Å². The molecule has 3 rings (SSSR count). The molecule has 0 aliphatic heterocycles. The van der Waals surface area contributed by atoms with Crippen molar-refractivity contribution >= 4 is 29.9 Å². The molecule has 0 heterocycles. The Hall–Kier alpha value is -0.770. The van der Waals surface area contributed by atoms with Crippen LogP contribution < -0.4 is 11.1 Å². The van der Waals surface area contributed by atoms with Crippen molar-refractivity contribution in [2.45, 2.75) is 44.1 Å². The lowest BCUT2D eigenvalue weighted by Gasteiger charge is -2.31. The molecule has 4 atom stereocenters. The molecule has 1 aromatic carbocycles. The molecular formula is C17H24Cl2N2O. The second kappa shape index (κ2) is 7.67. The van der Waals surface area contributed by atoms with E-state index in [2.05, 4.69) is 11.4 Å². The van der Waals surface area contributed by atoms with Crippen LogP contribution in [0.4, 0.5) is 0 Å². The van der Waals surface area contributed by atoms with Crippen LogP contribution >= 0.6 is 24.0 Å².